The van der Waals surface area contributed by atoms with Crippen LogP contribution in [0, 0.1) is 0 Å². The quantitative estimate of drug-likeness (QED) is 0.913. The first-order valence-electron chi connectivity index (χ1n) is 7.34. The first-order chi connectivity index (χ1) is 9.56. The van der Waals surface area contributed by atoms with Crippen molar-refractivity contribution in [2.75, 3.05) is 18.4 Å². The summed E-state index contributed by atoms with van der Waals surface area (Å²) in [6.07, 6.45) is 5.59. The summed E-state index contributed by atoms with van der Waals surface area (Å²) in [6.45, 7) is 6.15. The van der Waals surface area contributed by atoms with Crippen molar-refractivity contribution in [1.82, 2.24) is 14.7 Å². The maximum Gasteiger partial charge on any atom is 0.283 e. The van der Waals surface area contributed by atoms with Gasteiger partial charge >= 0.3 is 0 Å². The van der Waals surface area contributed by atoms with Gasteiger partial charge in [0.25, 0.3) is 5.56 Å². The van der Waals surface area contributed by atoms with Gasteiger partial charge in [-0.25, -0.2) is 4.68 Å². The molecule has 3 rings (SSSR count). The van der Waals surface area contributed by atoms with E-state index >= 15 is 0 Å². The second-order valence-corrected chi connectivity index (χ2v) is 6.86. The van der Waals surface area contributed by atoms with Crippen molar-refractivity contribution in [1.29, 1.82) is 0 Å². The molecule has 2 fully saturated rings. The Hall–Kier alpha value is -0.880. The number of anilines is 1. The molecule has 110 valence electrons. The third kappa shape index (κ3) is 2.76. The normalized spacial score (nSPS) is 23.5. The van der Waals surface area contributed by atoms with Crippen LogP contribution >= 0.6 is 15.9 Å². The Morgan fingerprint density at radius 1 is 1.40 bits per heavy atom. The molecule has 1 atom stereocenters. The van der Waals surface area contributed by atoms with Gasteiger partial charge in [0.2, 0.25) is 0 Å². The molecule has 0 aromatic carbocycles. The fourth-order valence-electron chi connectivity index (χ4n) is 2.81. The highest BCUT2D eigenvalue weighted by Crippen LogP contribution is 2.31. The number of nitrogens with zero attached hydrogens (tertiary/aromatic N) is 3. The Kier molecular flexibility index (Phi) is 3.86. The minimum atomic E-state index is -0.0676. The topological polar surface area (TPSA) is 50.2 Å². The van der Waals surface area contributed by atoms with Crippen LogP contribution in [0.2, 0.25) is 0 Å². The first kappa shape index (κ1) is 14.1. The number of halogens is 1. The largest absolute Gasteiger partial charge is 0.379 e. The SMILES string of the molecule is CC(C)n1ncc(NC2CCN(C3CC3)C2)c(Br)c1=O. The monoisotopic (exact) mass is 340 g/mol. The highest BCUT2D eigenvalue weighted by molar-refractivity contribution is 9.10. The average molecular weight is 341 g/mol. The fourth-order valence-corrected chi connectivity index (χ4v) is 3.21. The predicted octanol–water partition coefficient (Wildman–Crippen LogP) is 2.24. The Bertz CT molecular complexity index is 553. The molecule has 1 aromatic rings. The molecular weight excluding hydrogens is 320 g/mol. The standard InChI is InChI=1S/C14H21BrN4O/c1-9(2)19-14(20)13(15)12(7-16-19)17-10-5-6-18(8-10)11-3-4-11/h7,9-11,17H,3-6,8H2,1-2H3. The zero-order valence-electron chi connectivity index (χ0n) is 12.0. The van der Waals surface area contributed by atoms with E-state index in [2.05, 4.69) is 31.2 Å². The molecule has 1 unspecified atom stereocenters. The van der Waals surface area contributed by atoms with E-state index in [4.69, 9.17) is 0 Å². The van der Waals surface area contributed by atoms with Gasteiger partial charge in [0.05, 0.1) is 17.9 Å². The molecule has 1 aliphatic heterocycles. The summed E-state index contributed by atoms with van der Waals surface area (Å²) in [6, 6.07) is 1.31. The van der Waals surface area contributed by atoms with E-state index in [1.54, 1.807) is 6.20 Å². The van der Waals surface area contributed by atoms with E-state index in [1.807, 2.05) is 13.8 Å². The lowest BCUT2D eigenvalue weighted by molar-refractivity contribution is 0.326. The number of aromatic nitrogens is 2. The first-order valence-corrected chi connectivity index (χ1v) is 8.13. The van der Waals surface area contributed by atoms with Crippen molar-refractivity contribution in [3.8, 4) is 0 Å². The van der Waals surface area contributed by atoms with Gasteiger partial charge in [0.1, 0.15) is 4.47 Å². The van der Waals surface area contributed by atoms with Crippen molar-refractivity contribution >= 4 is 21.6 Å². The lowest BCUT2D eigenvalue weighted by atomic mass is 10.2. The number of hydrogen-bond donors (Lipinski definition) is 1. The molecule has 5 nitrogen and oxygen atoms in total. The Morgan fingerprint density at radius 3 is 2.80 bits per heavy atom. The third-order valence-corrected chi connectivity index (χ3v) is 4.84. The van der Waals surface area contributed by atoms with Crippen molar-refractivity contribution in [2.45, 2.75) is 51.2 Å². The molecule has 0 spiro atoms. The van der Waals surface area contributed by atoms with Crippen LogP contribution in [0.3, 0.4) is 0 Å². The van der Waals surface area contributed by atoms with E-state index in [1.165, 1.54) is 17.5 Å². The molecule has 0 bridgehead atoms. The van der Waals surface area contributed by atoms with Crippen molar-refractivity contribution in [2.24, 2.45) is 0 Å². The lowest BCUT2D eigenvalue weighted by Gasteiger charge is -2.18. The van der Waals surface area contributed by atoms with E-state index in [-0.39, 0.29) is 11.6 Å². The van der Waals surface area contributed by atoms with Crippen LogP contribution in [-0.4, -0.2) is 39.9 Å². The summed E-state index contributed by atoms with van der Waals surface area (Å²) in [7, 11) is 0. The summed E-state index contributed by atoms with van der Waals surface area (Å²) in [4.78, 5) is 14.7. The van der Waals surface area contributed by atoms with Gasteiger partial charge in [-0.15, -0.1) is 0 Å². The van der Waals surface area contributed by atoms with Crippen LogP contribution in [0.1, 0.15) is 39.2 Å². The molecule has 1 aliphatic carbocycles. The van der Waals surface area contributed by atoms with Gasteiger partial charge < -0.3 is 5.32 Å². The van der Waals surface area contributed by atoms with Crippen molar-refractivity contribution in [3.05, 3.63) is 21.0 Å². The molecule has 2 heterocycles. The maximum absolute atomic E-state index is 12.2. The second kappa shape index (κ2) is 5.48. The zero-order chi connectivity index (χ0) is 14.3. The Balaban J connectivity index is 1.71. The second-order valence-electron chi connectivity index (χ2n) is 6.07. The molecular formula is C14H21BrN4O. The van der Waals surface area contributed by atoms with Gasteiger partial charge in [-0.1, -0.05) is 0 Å². The van der Waals surface area contributed by atoms with Crippen LogP contribution in [-0.2, 0) is 0 Å². The van der Waals surface area contributed by atoms with E-state index in [0.717, 1.165) is 31.2 Å². The lowest BCUT2D eigenvalue weighted by Crippen LogP contribution is -2.30. The molecule has 1 N–H and O–H groups in total. The molecule has 6 heteroatoms. The van der Waals surface area contributed by atoms with Crippen LogP contribution in [0.15, 0.2) is 15.5 Å². The molecule has 1 saturated heterocycles. The Morgan fingerprint density at radius 2 is 2.15 bits per heavy atom. The summed E-state index contributed by atoms with van der Waals surface area (Å²) in [5.41, 5.74) is 0.747. The molecule has 20 heavy (non-hydrogen) atoms. The minimum Gasteiger partial charge on any atom is -0.379 e. The van der Waals surface area contributed by atoms with Gasteiger partial charge in [-0.05, 0) is 49.0 Å². The van der Waals surface area contributed by atoms with E-state index < -0.39 is 0 Å². The van der Waals surface area contributed by atoms with Crippen molar-refractivity contribution in [3.63, 3.8) is 0 Å². The van der Waals surface area contributed by atoms with Crippen LogP contribution in [0.25, 0.3) is 0 Å². The number of likely N-dealkylation sites (tertiary alicyclic amines) is 1. The highest BCUT2D eigenvalue weighted by Gasteiger charge is 2.34. The van der Waals surface area contributed by atoms with E-state index in [9.17, 15) is 4.79 Å². The fraction of sp³-hybridized carbons (Fsp3) is 0.714. The number of rotatable bonds is 4. The molecule has 1 saturated carbocycles. The van der Waals surface area contributed by atoms with E-state index in [0.29, 0.717) is 10.5 Å². The van der Waals surface area contributed by atoms with Crippen molar-refractivity contribution < 1.29 is 0 Å². The summed E-state index contributed by atoms with van der Waals surface area (Å²) in [5, 5.41) is 7.71. The number of nitrogens with one attached hydrogen (secondary N) is 1. The molecule has 2 aliphatic rings. The number of hydrogen-bond acceptors (Lipinski definition) is 4. The molecule has 1 aromatic heterocycles. The smallest absolute Gasteiger partial charge is 0.283 e. The Labute approximate surface area is 127 Å². The zero-order valence-corrected chi connectivity index (χ0v) is 13.6. The summed E-state index contributed by atoms with van der Waals surface area (Å²) in [5.74, 6) is 0. The van der Waals surface area contributed by atoms with Crippen LogP contribution < -0.4 is 10.9 Å². The highest BCUT2D eigenvalue weighted by atomic mass is 79.9. The summed E-state index contributed by atoms with van der Waals surface area (Å²) < 4.78 is 2.09. The third-order valence-electron chi connectivity index (χ3n) is 4.08. The van der Waals surface area contributed by atoms with Gasteiger partial charge in [0, 0.05) is 25.2 Å². The van der Waals surface area contributed by atoms with Gasteiger partial charge in [0.15, 0.2) is 0 Å². The maximum atomic E-state index is 12.2. The van der Waals surface area contributed by atoms with Crippen LogP contribution in [0.5, 0.6) is 0 Å². The van der Waals surface area contributed by atoms with Crippen LogP contribution in [0.4, 0.5) is 5.69 Å². The average Bonchev–Trinajstić information content (AvgIpc) is 3.15. The minimum absolute atomic E-state index is 0.0676. The van der Waals surface area contributed by atoms with Gasteiger partial charge in [-0.3, -0.25) is 9.69 Å². The van der Waals surface area contributed by atoms with Gasteiger partial charge in [-0.2, -0.15) is 5.10 Å². The molecule has 0 amide bonds. The predicted molar refractivity (Wildman–Crippen MR) is 83.2 cm³/mol. The molecule has 0 radical (unpaired) electrons. The summed E-state index contributed by atoms with van der Waals surface area (Å²) >= 11 is 3.41.